The van der Waals surface area contributed by atoms with Crippen LogP contribution in [0.5, 0.6) is 0 Å². The van der Waals surface area contributed by atoms with Gasteiger partial charge in [0.15, 0.2) is 5.65 Å². The summed E-state index contributed by atoms with van der Waals surface area (Å²) < 4.78 is 2.04. The van der Waals surface area contributed by atoms with Crippen molar-refractivity contribution >= 4 is 39.8 Å². The molecule has 27 heavy (non-hydrogen) atoms. The van der Waals surface area contributed by atoms with Crippen molar-refractivity contribution in [1.82, 2.24) is 29.7 Å². The lowest BCUT2D eigenvalue weighted by atomic mass is 10.1. The maximum absolute atomic E-state index is 4.71. The molecule has 0 unspecified atom stereocenters. The van der Waals surface area contributed by atoms with Gasteiger partial charge in [0.25, 0.3) is 0 Å². The van der Waals surface area contributed by atoms with Gasteiger partial charge in [0.1, 0.15) is 10.5 Å². The van der Waals surface area contributed by atoms with E-state index in [9.17, 15) is 0 Å². The van der Waals surface area contributed by atoms with E-state index in [1.807, 2.05) is 42.8 Å². The molecule has 1 N–H and O–H groups in total. The van der Waals surface area contributed by atoms with Crippen molar-refractivity contribution in [1.29, 1.82) is 0 Å². The summed E-state index contributed by atoms with van der Waals surface area (Å²) in [5, 5.41) is 14.4. The molecule has 0 aliphatic heterocycles. The van der Waals surface area contributed by atoms with E-state index in [-0.39, 0.29) is 5.54 Å². The summed E-state index contributed by atoms with van der Waals surface area (Å²) in [7, 11) is 1.99. The molecule has 0 spiro atoms. The number of rotatable bonds is 3. The Morgan fingerprint density at radius 2 is 1.81 bits per heavy atom. The molecule has 0 bridgehead atoms. The second-order valence-corrected chi connectivity index (χ2v) is 8.48. The molecule has 0 saturated carbocycles. The zero-order valence-corrected chi connectivity index (χ0v) is 16.8. The Kier molecular flexibility index (Phi) is 4.22. The summed E-state index contributed by atoms with van der Waals surface area (Å²) in [5.41, 5.74) is 3.48. The van der Waals surface area contributed by atoms with E-state index in [1.54, 1.807) is 0 Å². The number of aromatic nitrogens is 6. The summed E-state index contributed by atoms with van der Waals surface area (Å²) >= 11 is 1.39. The van der Waals surface area contributed by atoms with Crippen LogP contribution in [-0.4, -0.2) is 35.3 Å². The fraction of sp³-hybridized carbons (Fsp3) is 0.316. The summed E-state index contributed by atoms with van der Waals surface area (Å²) in [4.78, 5) is 13.8. The molecule has 0 radical (unpaired) electrons. The Hall–Kier alpha value is -2.74. The molecular weight excluding hydrogens is 358 g/mol. The number of benzene rings is 1. The molecular formula is C19H21N7S. The van der Waals surface area contributed by atoms with Crippen molar-refractivity contribution in [2.45, 2.75) is 43.4 Å². The second-order valence-electron chi connectivity index (χ2n) is 7.49. The average molecular weight is 379 g/mol. The highest BCUT2D eigenvalue weighted by Gasteiger charge is 2.15. The van der Waals surface area contributed by atoms with Crippen molar-refractivity contribution < 1.29 is 0 Å². The number of nitrogens with one attached hydrogen (secondary N) is 1. The fourth-order valence-electron chi connectivity index (χ4n) is 2.91. The van der Waals surface area contributed by atoms with Gasteiger partial charge >= 0.3 is 0 Å². The fourth-order valence-corrected chi connectivity index (χ4v) is 3.67. The van der Waals surface area contributed by atoms with E-state index in [4.69, 9.17) is 4.98 Å². The first-order valence-electron chi connectivity index (χ1n) is 8.70. The van der Waals surface area contributed by atoms with Gasteiger partial charge in [-0.25, -0.2) is 15.0 Å². The molecule has 0 fully saturated rings. The van der Waals surface area contributed by atoms with Crippen LogP contribution in [0.3, 0.4) is 0 Å². The van der Waals surface area contributed by atoms with Gasteiger partial charge in [0, 0.05) is 23.7 Å². The van der Waals surface area contributed by atoms with Gasteiger partial charge in [-0.05, 0) is 51.6 Å². The van der Waals surface area contributed by atoms with Crippen LogP contribution < -0.4 is 5.32 Å². The third-order valence-electron chi connectivity index (χ3n) is 4.00. The standard InChI is InChI=1S/C19H21N7S/c1-11-10-14(21-17(20-11)23-19(2,3)4)27-18-22-16-15(24-25-18)12-8-6-7-9-13(12)26(16)5/h6-10H,1-5H3,(H,20,21,23). The molecule has 4 rings (SSSR count). The van der Waals surface area contributed by atoms with Crippen LogP contribution in [0.1, 0.15) is 26.5 Å². The first kappa shape index (κ1) is 17.7. The third-order valence-corrected chi connectivity index (χ3v) is 4.77. The predicted molar refractivity (Wildman–Crippen MR) is 108 cm³/mol. The van der Waals surface area contributed by atoms with Gasteiger partial charge in [-0.15, -0.1) is 10.2 Å². The molecule has 4 aromatic rings. The molecule has 0 amide bonds. The number of anilines is 1. The lowest BCUT2D eigenvalue weighted by molar-refractivity contribution is 0.623. The predicted octanol–water partition coefficient (Wildman–Crippen LogP) is 3.98. The van der Waals surface area contributed by atoms with Gasteiger partial charge in [0.2, 0.25) is 11.1 Å². The second kappa shape index (κ2) is 6.45. The number of aryl methyl sites for hydroxylation is 2. The Balaban J connectivity index is 1.71. The molecule has 1 aromatic carbocycles. The Morgan fingerprint density at radius 1 is 1.04 bits per heavy atom. The van der Waals surface area contributed by atoms with Crippen LogP contribution in [0.15, 0.2) is 40.5 Å². The van der Waals surface area contributed by atoms with Crippen molar-refractivity contribution in [3.63, 3.8) is 0 Å². The zero-order valence-electron chi connectivity index (χ0n) is 16.0. The lowest BCUT2D eigenvalue weighted by Gasteiger charge is -2.20. The van der Waals surface area contributed by atoms with E-state index in [0.717, 1.165) is 32.8 Å². The van der Waals surface area contributed by atoms with Crippen LogP contribution in [0.4, 0.5) is 5.95 Å². The smallest absolute Gasteiger partial charge is 0.224 e. The average Bonchev–Trinajstić information content (AvgIpc) is 2.86. The Labute approximate surface area is 161 Å². The number of hydrogen-bond donors (Lipinski definition) is 1. The molecule has 0 aliphatic carbocycles. The van der Waals surface area contributed by atoms with Crippen LogP contribution in [0.25, 0.3) is 22.1 Å². The van der Waals surface area contributed by atoms with Crippen LogP contribution in [-0.2, 0) is 7.05 Å². The molecule has 3 aromatic heterocycles. The minimum Gasteiger partial charge on any atom is -0.350 e. The van der Waals surface area contributed by atoms with Gasteiger partial charge in [-0.2, -0.15) is 0 Å². The Bertz CT molecular complexity index is 1140. The highest BCUT2D eigenvalue weighted by molar-refractivity contribution is 7.99. The highest BCUT2D eigenvalue weighted by Crippen LogP contribution is 2.28. The van der Waals surface area contributed by atoms with Gasteiger partial charge in [0.05, 0.1) is 5.52 Å². The third kappa shape index (κ3) is 3.57. The summed E-state index contributed by atoms with van der Waals surface area (Å²) in [6.07, 6.45) is 0. The maximum atomic E-state index is 4.71. The van der Waals surface area contributed by atoms with E-state index in [1.165, 1.54) is 11.8 Å². The largest absolute Gasteiger partial charge is 0.350 e. The van der Waals surface area contributed by atoms with Crippen molar-refractivity contribution in [3.8, 4) is 0 Å². The summed E-state index contributed by atoms with van der Waals surface area (Å²) in [5.74, 6) is 0.601. The maximum Gasteiger partial charge on any atom is 0.224 e. The SMILES string of the molecule is Cc1cc(Sc2nnc3c4ccccc4n(C)c3n2)nc(NC(C)(C)C)n1. The molecule has 0 saturated heterocycles. The normalized spacial score (nSPS) is 12.0. The summed E-state index contributed by atoms with van der Waals surface area (Å²) in [6, 6.07) is 10.0. The molecule has 3 heterocycles. The van der Waals surface area contributed by atoms with Crippen molar-refractivity contribution in [2.75, 3.05) is 5.32 Å². The molecule has 138 valence electrons. The highest BCUT2D eigenvalue weighted by atomic mass is 32.2. The molecule has 7 nitrogen and oxygen atoms in total. The van der Waals surface area contributed by atoms with Crippen LogP contribution in [0, 0.1) is 6.92 Å². The number of nitrogens with zero attached hydrogens (tertiary/aromatic N) is 6. The molecule has 0 aliphatic rings. The van der Waals surface area contributed by atoms with Gasteiger partial charge in [-0.1, -0.05) is 18.2 Å². The Morgan fingerprint density at radius 3 is 2.59 bits per heavy atom. The number of hydrogen-bond acceptors (Lipinski definition) is 7. The first-order chi connectivity index (χ1) is 12.8. The quantitative estimate of drug-likeness (QED) is 0.539. The van der Waals surface area contributed by atoms with Crippen LogP contribution in [0.2, 0.25) is 0 Å². The zero-order chi connectivity index (χ0) is 19.2. The van der Waals surface area contributed by atoms with Gasteiger partial charge in [-0.3, -0.25) is 0 Å². The molecule has 0 atom stereocenters. The van der Waals surface area contributed by atoms with E-state index in [2.05, 4.69) is 52.3 Å². The van der Waals surface area contributed by atoms with Gasteiger partial charge < -0.3 is 9.88 Å². The summed E-state index contributed by atoms with van der Waals surface area (Å²) in [6.45, 7) is 8.18. The van der Waals surface area contributed by atoms with Crippen molar-refractivity contribution in [3.05, 3.63) is 36.0 Å². The minimum absolute atomic E-state index is 0.115. The topological polar surface area (TPSA) is 81.4 Å². The lowest BCUT2D eigenvalue weighted by Crippen LogP contribution is -2.27. The van der Waals surface area contributed by atoms with E-state index < -0.39 is 0 Å². The van der Waals surface area contributed by atoms with Crippen LogP contribution >= 0.6 is 11.8 Å². The monoisotopic (exact) mass is 379 g/mol. The van der Waals surface area contributed by atoms with Crippen molar-refractivity contribution in [2.24, 2.45) is 7.05 Å². The number of para-hydroxylation sites is 1. The molecule has 8 heteroatoms. The van der Waals surface area contributed by atoms with E-state index in [0.29, 0.717) is 11.1 Å². The number of fused-ring (bicyclic) bond motifs is 3. The first-order valence-corrected chi connectivity index (χ1v) is 9.51. The van der Waals surface area contributed by atoms with E-state index >= 15 is 0 Å². The minimum atomic E-state index is -0.115.